The normalized spacial score (nSPS) is 20.2. The van der Waals surface area contributed by atoms with Crippen molar-refractivity contribution in [3.8, 4) is 17.1 Å². The van der Waals surface area contributed by atoms with Crippen molar-refractivity contribution in [2.45, 2.75) is 32.3 Å². The molecule has 1 amide bonds. The number of benzene rings is 2. The Morgan fingerprint density at radius 1 is 1.31 bits per heavy atom. The number of aromatic hydroxyl groups is 1. The van der Waals surface area contributed by atoms with E-state index >= 15 is 0 Å². The molecule has 3 aromatic rings. The SMILES string of the molecule is Cc1ccc2c(N3CCC[C@@H](CNC(=O)O[C@@H]4CCOC4)C3)nc(-c3c(O)cccc3F)nc2c1.[HH].[HH]. The Labute approximate surface area is 206 Å². The summed E-state index contributed by atoms with van der Waals surface area (Å²) in [4.78, 5) is 23.7. The zero-order chi connectivity index (χ0) is 24.4. The van der Waals surface area contributed by atoms with Gasteiger partial charge in [-0.2, -0.15) is 0 Å². The fourth-order valence-corrected chi connectivity index (χ4v) is 4.76. The highest BCUT2D eigenvalue weighted by Gasteiger charge is 2.26. The number of hydrogen-bond acceptors (Lipinski definition) is 7. The van der Waals surface area contributed by atoms with E-state index in [0.29, 0.717) is 37.6 Å². The molecule has 0 aliphatic carbocycles. The second-order valence-electron chi connectivity index (χ2n) is 9.25. The Hall–Kier alpha value is -3.46. The van der Waals surface area contributed by atoms with Gasteiger partial charge in [-0.15, -0.1) is 0 Å². The molecule has 2 aliphatic heterocycles. The Morgan fingerprint density at radius 3 is 3.00 bits per heavy atom. The van der Waals surface area contributed by atoms with E-state index in [1.807, 2.05) is 25.1 Å². The van der Waals surface area contributed by atoms with Crippen molar-refractivity contribution in [2.75, 3.05) is 37.7 Å². The molecule has 9 heteroatoms. The summed E-state index contributed by atoms with van der Waals surface area (Å²) in [6, 6.07) is 10.1. The molecule has 0 spiro atoms. The van der Waals surface area contributed by atoms with E-state index in [2.05, 4.69) is 15.2 Å². The predicted octanol–water partition coefficient (Wildman–Crippen LogP) is 4.67. The Bertz CT molecular complexity index is 1220. The van der Waals surface area contributed by atoms with Crippen molar-refractivity contribution in [1.82, 2.24) is 15.3 Å². The summed E-state index contributed by atoms with van der Waals surface area (Å²) in [6.45, 7) is 4.99. The summed E-state index contributed by atoms with van der Waals surface area (Å²) < 4.78 is 25.3. The molecule has 35 heavy (non-hydrogen) atoms. The fourth-order valence-electron chi connectivity index (χ4n) is 4.76. The number of carbonyl (C=O) groups excluding carboxylic acids is 1. The molecule has 2 saturated heterocycles. The monoisotopic (exact) mass is 484 g/mol. The van der Waals surface area contributed by atoms with Gasteiger partial charge in [0.25, 0.3) is 0 Å². The van der Waals surface area contributed by atoms with Gasteiger partial charge in [0, 0.05) is 34.3 Å². The van der Waals surface area contributed by atoms with Crippen LogP contribution in [0.1, 0.15) is 27.7 Å². The average Bonchev–Trinajstić information content (AvgIpc) is 3.35. The lowest BCUT2D eigenvalue weighted by Crippen LogP contribution is -2.42. The highest BCUT2D eigenvalue weighted by atomic mass is 19.1. The third-order valence-electron chi connectivity index (χ3n) is 6.56. The van der Waals surface area contributed by atoms with Gasteiger partial charge in [-0.1, -0.05) is 12.1 Å². The van der Waals surface area contributed by atoms with Gasteiger partial charge in [-0.25, -0.2) is 19.2 Å². The number of rotatable bonds is 5. The number of carbonyl (C=O) groups is 1. The van der Waals surface area contributed by atoms with Gasteiger partial charge >= 0.3 is 6.09 Å². The van der Waals surface area contributed by atoms with Gasteiger partial charge < -0.3 is 24.8 Å². The summed E-state index contributed by atoms with van der Waals surface area (Å²) in [5.41, 5.74) is 1.71. The van der Waals surface area contributed by atoms with Crippen molar-refractivity contribution >= 4 is 22.8 Å². The maximum atomic E-state index is 14.7. The number of phenolic OH excluding ortho intramolecular Hbond substituents is 1. The zero-order valence-electron chi connectivity index (χ0n) is 19.7. The molecular weight excluding hydrogens is 451 g/mol. The molecule has 1 aromatic heterocycles. The smallest absolute Gasteiger partial charge is 0.407 e. The molecule has 2 aliphatic rings. The van der Waals surface area contributed by atoms with Gasteiger partial charge in [0.1, 0.15) is 23.5 Å². The number of nitrogens with one attached hydrogen (secondary N) is 1. The average molecular weight is 485 g/mol. The van der Waals surface area contributed by atoms with E-state index in [0.717, 1.165) is 36.8 Å². The maximum absolute atomic E-state index is 14.7. The molecule has 8 nitrogen and oxygen atoms in total. The molecule has 188 valence electrons. The molecule has 2 atom stereocenters. The lowest BCUT2D eigenvalue weighted by atomic mass is 9.97. The molecule has 5 rings (SSSR count). The summed E-state index contributed by atoms with van der Waals surface area (Å²) in [5, 5.41) is 14.1. The van der Waals surface area contributed by atoms with Crippen LogP contribution >= 0.6 is 0 Å². The number of aryl methyl sites for hydroxylation is 1. The van der Waals surface area contributed by atoms with E-state index in [-0.39, 0.29) is 32.0 Å². The number of aromatic nitrogens is 2. The lowest BCUT2D eigenvalue weighted by Gasteiger charge is -2.34. The van der Waals surface area contributed by atoms with Gasteiger partial charge in [-0.05, 0) is 55.5 Å². The highest BCUT2D eigenvalue weighted by molar-refractivity contribution is 5.92. The molecular formula is C26H33FN4O4. The number of hydrogen-bond donors (Lipinski definition) is 2. The molecule has 0 bridgehead atoms. The topological polar surface area (TPSA) is 96.8 Å². The summed E-state index contributed by atoms with van der Waals surface area (Å²) >= 11 is 0. The number of halogens is 1. The van der Waals surface area contributed by atoms with Crippen LogP contribution in [-0.4, -0.2) is 60.1 Å². The van der Waals surface area contributed by atoms with E-state index in [9.17, 15) is 14.3 Å². The number of nitrogens with zero attached hydrogens (tertiary/aromatic N) is 3. The molecule has 2 aromatic carbocycles. The van der Waals surface area contributed by atoms with Gasteiger partial charge in [0.05, 0.1) is 24.3 Å². The van der Waals surface area contributed by atoms with Crippen LogP contribution in [0.3, 0.4) is 0 Å². The minimum atomic E-state index is -0.574. The zero-order valence-corrected chi connectivity index (χ0v) is 19.7. The van der Waals surface area contributed by atoms with Crippen molar-refractivity contribution in [1.29, 1.82) is 0 Å². The van der Waals surface area contributed by atoms with Crippen LogP contribution in [0.4, 0.5) is 15.0 Å². The standard InChI is InChI=1S/C26H29FN4O4.2H2/c1-16-7-8-19-21(12-16)29-24(23-20(27)5-2-6-22(23)32)30-25(19)31-10-3-4-17(14-31)13-28-26(33)35-18-9-11-34-15-18;;/h2,5-8,12,17-18,32H,3-4,9-11,13-15H2,1H3,(H,28,33);2*1H/t17-,18+;;/m0../s1. The Morgan fingerprint density at radius 2 is 2.20 bits per heavy atom. The first kappa shape index (κ1) is 23.3. The first-order valence-electron chi connectivity index (χ1n) is 12.0. The van der Waals surface area contributed by atoms with Crippen LogP contribution in [0.15, 0.2) is 36.4 Å². The number of ether oxygens (including phenoxy) is 2. The lowest BCUT2D eigenvalue weighted by molar-refractivity contribution is 0.0821. The molecule has 3 heterocycles. The van der Waals surface area contributed by atoms with E-state index < -0.39 is 11.9 Å². The first-order chi connectivity index (χ1) is 17.0. The number of amides is 1. The minimum Gasteiger partial charge on any atom is -0.507 e. The summed E-state index contributed by atoms with van der Waals surface area (Å²) in [7, 11) is 0. The largest absolute Gasteiger partial charge is 0.507 e. The van der Waals surface area contributed by atoms with E-state index in [1.165, 1.54) is 18.2 Å². The third-order valence-corrected chi connectivity index (χ3v) is 6.56. The summed E-state index contributed by atoms with van der Waals surface area (Å²) in [5.74, 6) is 0.279. The van der Waals surface area contributed by atoms with Crippen LogP contribution < -0.4 is 10.2 Å². The Balaban J connectivity index is 0.00000190. The van der Waals surface area contributed by atoms with Crippen LogP contribution in [0.25, 0.3) is 22.3 Å². The highest BCUT2D eigenvalue weighted by Crippen LogP contribution is 2.35. The maximum Gasteiger partial charge on any atom is 0.407 e. The van der Waals surface area contributed by atoms with Crippen molar-refractivity contribution in [3.63, 3.8) is 0 Å². The number of anilines is 1. The molecule has 2 fully saturated rings. The third kappa shape index (κ3) is 5.14. The van der Waals surface area contributed by atoms with Gasteiger partial charge in [0.15, 0.2) is 5.82 Å². The van der Waals surface area contributed by atoms with Crippen LogP contribution in [0, 0.1) is 18.7 Å². The first-order valence-corrected chi connectivity index (χ1v) is 12.0. The predicted molar refractivity (Wildman–Crippen MR) is 134 cm³/mol. The molecule has 0 radical (unpaired) electrons. The van der Waals surface area contributed by atoms with Crippen molar-refractivity contribution in [3.05, 3.63) is 47.8 Å². The van der Waals surface area contributed by atoms with Crippen molar-refractivity contribution < 1.29 is 26.6 Å². The molecule has 0 saturated carbocycles. The Kier molecular flexibility index (Phi) is 6.68. The van der Waals surface area contributed by atoms with Crippen molar-refractivity contribution in [2.24, 2.45) is 5.92 Å². The quantitative estimate of drug-likeness (QED) is 0.543. The van der Waals surface area contributed by atoms with Gasteiger partial charge in [-0.3, -0.25) is 0 Å². The van der Waals surface area contributed by atoms with Crippen LogP contribution in [-0.2, 0) is 9.47 Å². The summed E-state index contributed by atoms with van der Waals surface area (Å²) in [6.07, 6.45) is 2.02. The second kappa shape index (κ2) is 10.0. The number of fused-ring (bicyclic) bond motifs is 1. The van der Waals surface area contributed by atoms with E-state index in [1.54, 1.807) is 0 Å². The van der Waals surface area contributed by atoms with Gasteiger partial charge in [0.2, 0.25) is 0 Å². The fraction of sp³-hybridized carbons (Fsp3) is 0.423. The van der Waals surface area contributed by atoms with Crippen LogP contribution in [0.2, 0.25) is 0 Å². The van der Waals surface area contributed by atoms with Crippen LogP contribution in [0.5, 0.6) is 5.75 Å². The number of piperidine rings is 1. The number of phenols is 1. The van der Waals surface area contributed by atoms with E-state index in [4.69, 9.17) is 14.5 Å². The molecule has 0 unspecified atom stereocenters. The minimum absolute atomic E-state index is 0. The number of alkyl carbamates (subject to hydrolysis) is 1. The molecule has 2 N–H and O–H groups in total. The second-order valence-corrected chi connectivity index (χ2v) is 9.25.